The number of benzene rings is 1. The largest absolute Gasteiger partial charge is 0.300 e. The predicted octanol–water partition coefficient (Wildman–Crippen LogP) is 1.98. The van der Waals surface area contributed by atoms with Crippen molar-refractivity contribution in [3.8, 4) is 0 Å². The Hall–Kier alpha value is -2.40. The fourth-order valence-corrected chi connectivity index (χ4v) is 5.08. The minimum Gasteiger partial charge on any atom is -0.300 e. The number of anilines is 1. The van der Waals surface area contributed by atoms with E-state index >= 15 is 0 Å². The number of fused-ring (bicyclic) bond motifs is 1. The summed E-state index contributed by atoms with van der Waals surface area (Å²) in [7, 11) is -3.30. The highest BCUT2D eigenvalue weighted by Gasteiger charge is 2.43. The quantitative estimate of drug-likeness (QED) is 0.703. The van der Waals surface area contributed by atoms with Gasteiger partial charge in [0.05, 0.1) is 15.1 Å². The average Bonchev–Trinajstić information content (AvgIpc) is 3.30. The maximum Gasteiger partial charge on any atom is 0.254 e. The monoisotopic (exact) mass is 406 g/mol. The van der Waals surface area contributed by atoms with E-state index in [0.29, 0.717) is 28.2 Å². The normalized spacial score (nSPS) is 17.1. The van der Waals surface area contributed by atoms with Gasteiger partial charge in [0.25, 0.3) is 5.91 Å². The van der Waals surface area contributed by atoms with Crippen molar-refractivity contribution < 1.29 is 13.2 Å². The van der Waals surface area contributed by atoms with Gasteiger partial charge < -0.3 is 0 Å². The molecule has 0 bridgehead atoms. The van der Waals surface area contributed by atoms with Crippen LogP contribution in [0.4, 0.5) is 5.13 Å². The molecule has 4 rings (SSSR count). The molecule has 27 heavy (non-hydrogen) atoms. The highest BCUT2D eigenvalue weighted by Crippen LogP contribution is 2.36. The van der Waals surface area contributed by atoms with Gasteiger partial charge in [0, 0.05) is 6.26 Å². The molecule has 142 valence electrons. The maximum atomic E-state index is 13.1. The lowest BCUT2D eigenvalue weighted by atomic mass is 9.81. The fourth-order valence-electron chi connectivity index (χ4n) is 3.46. The van der Waals surface area contributed by atoms with Crippen LogP contribution in [0.5, 0.6) is 0 Å². The second-order valence-corrected chi connectivity index (χ2v) is 9.77. The van der Waals surface area contributed by atoms with Gasteiger partial charge >= 0.3 is 0 Å². The zero-order valence-corrected chi connectivity index (χ0v) is 16.3. The van der Waals surface area contributed by atoms with E-state index in [-0.39, 0.29) is 10.8 Å². The van der Waals surface area contributed by atoms with Crippen LogP contribution in [0.1, 0.15) is 32.1 Å². The highest BCUT2D eigenvalue weighted by atomic mass is 32.2. The molecule has 0 radical (unpaired) electrons. The van der Waals surface area contributed by atoms with Crippen LogP contribution in [0.2, 0.25) is 0 Å². The standard InChI is InChI=1S/C16H18N6O3S2/c1-27(24,25)11-5-6-12-13(9-11)26-15(18-12)19-14(23)16(7-3-2-4-8-16)22-10-17-20-21-22/h5-6,9-10H,2-4,7-8H2,1H3,(H,18,19,23). The maximum absolute atomic E-state index is 13.1. The Morgan fingerprint density at radius 2 is 2.04 bits per heavy atom. The molecular weight excluding hydrogens is 388 g/mol. The lowest BCUT2D eigenvalue weighted by molar-refractivity contribution is -0.126. The molecule has 1 saturated carbocycles. The molecule has 1 amide bonds. The van der Waals surface area contributed by atoms with E-state index in [1.54, 1.807) is 12.1 Å². The van der Waals surface area contributed by atoms with Crippen molar-refractivity contribution in [3.63, 3.8) is 0 Å². The van der Waals surface area contributed by atoms with E-state index in [1.807, 2.05) is 0 Å². The van der Waals surface area contributed by atoms with Gasteiger partial charge in [0.15, 0.2) is 15.0 Å². The van der Waals surface area contributed by atoms with Crippen LogP contribution < -0.4 is 5.32 Å². The first-order valence-electron chi connectivity index (χ1n) is 8.54. The molecule has 0 aliphatic heterocycles. The average molecular weight is 406 g/mol. The Balaban J connectivity index is 1.65. The molecule has 0 atom stereocenters. The van der Waals surface area contributed by atoms with Crippen molar-refractivity contribution in [2.24, 2.45) is 0 Å². The van der Waals surface area contributed by atoms with E-state index in [0.717, 1.165) is 25.5 Å². The Kier molecular flexibility index (Phi) is 4.42. The first-order chi connectivity index (χ1) is 12.9. The molecule has 9 nitrogen and oxygen atoms in total. The number of nitrogens with zero attached hydrogens (tertiary/aromatic N) is 5. The Bertz CT molecular complexity index is 1080. The van der Waals surface area contributed by atoms with Crippen molar-refractivity contribution >= 4 is 42.4 Å². The van der Waals surface area contributed by atoms with E-state index in [9.17, 15) is 13.2 Å². The Morgan fingerprint density at radius 3 is 2.70 bits per heavy atom. The molecule has 1 aliphatic carbocycles. The summed E-state index contributed by atoms with van der Waals surface area (Å²) in [6, 6.07) is 4.75. The van der Waals surface area contributed by atoms with Crippen LogP contribution >= 0.6 is 11.3 Å². The number of aromatic nitrogens is 5. The zero-order valence-electron chi connectivity index (χ0n) is 14.6. The third-order valence-corrected chi connectivity index (χ3v) is 6.94. The summed E-state index contributed by atoms with van der Waals surface area (Å²) in [5.41, 5.74) is -0.180. The summed E-state index contributed by atoms with van der Waals surface area (Å²) in [6.45, 7) is 0. The van der Waals surface area contributed by atoms with Crippen molar-refractivity contribution in [1.29, 1.82) is 0 Å². The van der Waals surface area contributed by atoms with E-state index in [2.05, 4.69) is 25.8 Å². The zero-order chi connectivity index (χ0) is 19.1. The van der Waals surface area contributed by atoms with Crippen molar-refractivity contribution in [1.82, 2.24) is 25.2 Å². The number of rotatable bonds is 4. The molecule has 2 aromatic heterocycles. The van der Waals surface area contributed by atoms with Gasteiger partial charge in [-0.2, -0.15) is 0 Å². The minimum atomic E-state index is -3.30. The molecule has 1 aliphatic rings. The van der Waals surface area contributed by atoms with Crippen LogP contribution in [-0.4, -0.2) is 45.8 Å². The Labute approximate surface area is 159 Å². The summed E-state index contributed by atoms with van der Waals surface area (Å²) in [5, 5.41) is 14.7. The number of sulfone groups is 1. The van der Waals surface area contributed by atoms with Gasteiger partial charge in [-0.1, -0.05) is 30.6 Å². The number of amides is 1. The Morgan fingerprint density at radius 1 is 1.26 bits per heavy atom. The van der Waals surface area contributed by atoms with Crippen molar-refractivity contribution in [2.45, 2.75) is 42.5 Å². The third-order valence-electron chi connectivity index (χ3n) is 4.90. The highest BCUT2D eigenvalue weighted by molar-refractivity contribution is 7.90. The fraction of sp³-hybridized carbons (Fsp3) is 0.438. The van der Waals surface area contributed by atoms with Crippen LogP contribution in [-0.2, 0) is 20.2 Å². The number of carbonyl (C=O) groups is 1. The molecule has 2 heterocycles. The molecule has 1 aromatic carbocycles. The van der Waals surface area contributed by atoms with E-state index in [1.165, 1.54) is 28.4 Å². The van der Waals surface area contributed by atoms with Gasteiger partial charge in [0.2, 0.25) is 0 Å². The van der Waals surface area contributed by atoms with Gasteiger partial charge in [0.1, 0.15) is 11.9 Å². The molecule has 1 fully saturated rings. The first kappa shape index (κ1) is 18.0. The van der Waals surface area contributed by atoms with Crippen molar-refractivity contribution in [2.75, 3.05) is 11.6 Å². The summed E-state index contributed by atoms with van der Waals surface area (Å²) in [4.78, 5) is 17.8. The van der Waals surface area contributed by atoms with Crippen LogP contribution in [0.25, 0.3) is 10.2 Å². The lowest BCUT2D eigenvalue weighted by Gasteiger charge is -2.34. The van der Waals surface area contributed by atoms with Crippen LogP contribution in [0.15, 0.2) is 29.4 Å². The predicted molar refractivity (Wildman–Crippen MR) is 100 cm³/mol. The smallest absolute Gasteiger partial charge is 0.254 e. The topological polar surface area (TPSA) is 120 Å². The molecule has 0 saturated heterocycles. The van der Waals surface area contributed by atoms with Gasteiger partial charge in [-0.15, -0.1) is 5.10 Å². The second kappa shape index (κ2) is 6.64. The molecule has 3 aromatic rings. The summed E-state index contributed by atoms with van der Waals surface area (Å²) >= 11 is 1.25. The molecule has 11 heteroatoms. The summed E-state index contributed by atoms with van der Waals surface area (Å²) in [6.07, 6.45) is 6.88. The van der Waals surface area contributed by atoms with E-state index < -0.39 is 15.4 Å². The SMILES string of the molecule is CS(=O)(=O)c1ccc2nc(NC(=O)C3(n4cnnn4)CCCCC3)sc2c1. The van der Waals surface area contributed by atoms with E-state index in [4.69, 9.17) is 0 Å². The molecule has 0 spiro atoms. The second-order valence-electron chi connectivity index (χ2n) is 6.72. The van der Waals surface area contributed by atoms with Gasteiger partial charge in [-0.3, -0.25) is 10.1 Å². The summed E-state index contributed by atoms with van der Waals surface area (Å²) in [5.74, 6) is -0.197. The van der Waals surface area contributed by atoms with Crippen molar-refractivity contribution in [3.05, 3.63) is 24.5 Å². The molecule has 0 unspecified atom stereocenters. The number of carbonyl (C=O) groups excluding carboxylic acids is 1. The van der Waals surface area contributed by atoms with Gasteiger partial charge in [-0.05, 0) is 41.5 Å². The number of hydrogen-bond acceptors (Lipinski definition) is 8. The lowest BCUT2D eigenvalue weighted by Crippen LogP contribution is -2.47. The number of hydrogen-bond donors (Lipinski definition) is 1. The number of nitrogens with one attached hydrogen (secondary N) is 1. The summed E-state index contributed by atoms with van der Waals surface area (Å²) < 4.78 is 25.7. The number of tetrazole rings is 1. The van der Waals surface area contributed by atoms with Crippen LogP contribution in [0.3, 0.4) is 0 Å². The third kappa shape index (κ3) is 3.32. The molecule has 1 N–H and O–H groups in total. The number of thiazole rings is 1. The first-order valence-corrected chi connectivity index (χ1v) is 11.2. The van der Waals surface area contributed by atoms with Gasteiger partial charge in [-0.25, -0.2) is 18.1 Å². The molecular formula is C16H18N6O3S2. The minimum absolute atomic E-state index is 0.197. The van der Waals surface area contributed by atoms with Crippen LogP contribution in [0, 0.1) is 0 Å².